The lowest BCUT2D eigenvalue weighted by Crippen LogP contribution is -2.50. The average molecular weight is 606 g/mol. The van der Waals surface area contributed by atoms with Crippen LogP contribution in [0.5, 0.6) is 11.5 Å². The maximum Gasteiger partial charge on any atom is 0.409 e. The molecule has 1 aliphatic heterocycles. The van der Waals surface area contributed by atoms with Gasteiger partial charge in [-0.3, -0.25) is 9.69 Å². The number of aromatic nitrogens is 1. The zero-order chi connectivity index (χ0) is 29.7. The molecule has 222 valence electrons. The van der Waals surface area contributed by atoms with Crippen molar-refractivity contribution in [2.75, 3.05) is 79.1 Å². The number of piperazine rings is 1. The minimum atomic E-state index is -3.81. The lowest BCUT2D eigenvalue weighted by Gasteiger charge is -2.33. The number of nitrogens with zero attached hydrogens (tertiary/aromatic N) is 5. The molecule has 4 rings (SSSR count). The molecule has 0 aliphatic carbocycles. The van der Waals surface area contributed by atoms with E-state index in [0.29, 0.717) is 40.8 Å². The number of methoxy groups -OCH3 is 2. The number of carbonyl (C=O) groups is 2. The highest BCUT2D eigenvalue weighted by Crippen LogP contribution is 2.40. The Kier molecular flexibility index (Phi) is 9.68. The van der Waals surface area contributed by atoms with E-state index in [9.17, 15) is 18.0 Å². The number of thiazole rings is 1. The highest BCUT2D eigenvalue weighted by molar-refractivity contribution is 7.89. The molecule has 0 radical (unpaired) electrons. The van der Waals surface area contributed by atoms with Crippen molar-refractivity contribution in [3.8, 4) is 11.5 Å². The third-order valence-electron chi connectivity index (χ3n) is 6.65. The van der Waals surface area contributed by atoms with E-state index in [0.717, 1.165) is 4.70 Å². The molecule has 0 bridgehead atoms. The number of sulfonamides is 1. The van der Waals surface area contributed by atoms with Crippen molar-refractivity contribution in [1.29, 1.82) is 0 Å². The number of amides is 2. The molecule has 0 saturated carbocycles. The lowest BCUT2D eigenvalue weighted by molar-refractivity contribution is 0.0933. The number of carbonyl (C=O) groups excluding carboxylic acids is 2. The Morgan fingerprint density at radius 3 is 2.17 bits per heavy atom. The van der Waals surface area contributed by atoms with E-state index in [4.69, 9.17) is 19.2 Å². The Labute approximate surface area is 244 Å². The van der Waals surface area contributed by atoms with E-state index in [-0.39, 0.29) is 43.6 Å². The summed E-state index contributed by atoms with van der Waals surface area (Å²) in [7, 11) is 3.16. The Balaban J connectivity index is 1.57. The van der Waals surface area contributed by atoms with Crippen molar-refractivity contribution < 1.29 is 32.2 Å². The maximum atomic E-state index is 13.8. The number of benzene rings is 2. The monoisotopic (exact) mass is 605 g/mol. The Hall–Kier alpha value is -3.46. The van der Waals surface area contributed by atoms with Gasteiger partial charge in [0.1, 0.15) is 21.7 Å². The fraction of sp³-hybridized carbons (Fsp3) is 0.444. The molecular weight excluding hydrogens is 570 g/mol. The standard InChI is InChI=1S/C27H35N5O7S2/c1-6-39-27(34)30-14-16-31(17-15-30)41(35,36)20-9-7-19(8-10-20)25(33)32(18-13-29(2)3)26-28-23-21(37-4)11-12-22(38-5)24(23)40-26/h7-12H,6,13-18H2,1-5H3. The Morgan fingerprint density at radius 1 is 0.951 bits per heavy atom. The first kappa shape index (κ1) is 30.5. The molecule has 2 amide bonds. The lowest BCUT2D eigenvalue weighted by atomic mass is 10.2. The average Bonchev–Trinajstić information content (AvgIpc) is 3.42. The molecule has 2 aromatic carbocycles. The quantitative estimate of drug-likeness (QED) is 0.343. The molecule has 1 aliphatic rings. The van der Waals surface area contributed by atoms with Crippen LogP contribution < -0.4 is 14.4 Å². The van der Waals surface area contributed by atoms with Gasteiger partial charge in [0, 0.05) is 44.8 Å². The second-order valence-electron chi connectivity index (χ2n) is 9.52. The van der Waals surface area contributed by atoms with E-state index in [2.05, 4.69) is 0 Å². The summed E-state index contributed by atoms with van der Waals surface area (Å²) in [5.74, 6) is 0.888. The topological polar surface area (TPSA) is 122 Å². The molecule has 0 spiro atoms. The van der Waals surface area contributed by atoms with Crippen molar-refractivity contribution in [3.63, 3.8) is 0 Å². The van der Waals surface area contributed by atoms with Gasteiger partial charge in [0.15, 0.2) is 5.13 Å². The predicted molar refractivity (Wildman–Crippen MR) is 157 cm³/mol. The summed E-state index contributed by atoms with van der Waals surface area (Å²) in [6.45, 7) is 3.73. The molecule has 1 fully saturated rings. The Morgan fingerprint density at radius 2 is 1.59 bits per heavy atom. The first-order valence-electron chi connectivity index (χ1n) is 13.1. The van der Waals surface area contributed by atoms with Gasteiger partial charge in [0.2, 0.25) is 10.0 Å². The van der Waals surface area contributed by atoms with Crippen LogP contribution >= 0.6 is 11.3 Å². The van der Waals surface area contributed by atoms with E-state index >= 15 is 0 Å². The number of anilines is 1. The van der Waals surface area contributed by atoms with Crippen LogP contribution in [0.1, 0.15) is 17.3 Å². The first-order valence-corrected chi connectivity index (χ1v) is 15.4. The molecule has 0 N–H and O–H groups in total. The van der Waals surface area contributed by atoms with E-state index < -0.39 is 16.1 Å². The molecule has 12 nitrogen and oxygen atoms in total. The minimum absolute atomic E-state index is 0.0768. The second kappa shape index (κ2) is 13.0. The molecule has 1 saturated heterocycles. The number of likely N-dealkylation sites (N-methyl/N-ethyl adjacent to an activating group) is 1. The molecule has 2 heterocycles. The first-order chi connectivity index (χ1) is 19.6. The van der Waals surface area contributed by atoms with Crippen molar-refractivity contribution >= 4 is 48.7 Å². The van der Waals surface area contributed by atoms with Crippen molar-refractivity contribution in [2.24, 2.45) is 0 Å². The van der Waals surface area contributed by atoms with E-state index in [1.165, 1.54) is 44.8 Å². The summed E-state index contributed by atoms with van der Waals surface area (Å²) in [5.41, 5.74) is 0.923. The molecule has 0 unspecified atom stereocenters. The summed E-state index contributed by atoms with van der Waals surface area (Å²) < 4.78 is 44.6. The zero-order valence-electron chi connectivity index (χ0n) is 23.8. The molecule has 41 heavy (non-hydrogen) atoms. The maximum absolute atomic E-state index is 13.8. The number of hydrogen-bond donors (Lipinski definition) is 0. The summed E-state index contributed by atoms with van der Waals surface area (Å²) in [6.07, 6.45) is -0.448. The Bertz CT molecular complexity index is 1440. The van der Waals surface area contributed by atoms with Gasteiger partial charge >= 0.3 is 6.09 Å². The highest BCUT2D eigenvalue weighted by Gasteiger charge is 2.31. The molecular formula is C27H35N5O7S2. The SMILES string of the molecule is CCOC(=O)N1CCN(S(=O)(=O)c2ccc(C(=O)N(CCN(C)C)c3nc4c(OC)ccc(OC)c4s3)cc2)CC1. The largest absolute Gasteiger partial charge is 0.495 e. The third-order valence-corrected chi connectivity index (χ3v) is 9.66. The van der Waals surface area contributed by atoms with Crippen molar-refractivity contribution in [2.45, 2.75) is 11.8 Å². The van der Waals surface area contributed by atoms with Crippen molar-refractivity contribution in [1.82, 2.24) is 19.1 Å². The number of hydrogen-bond acceptors (Lipinski definition) is 10. The summed E-state index contributed by atoms with van der Waals surface area (Å²) >= 11 is 1.32. The van der Waals surface area contributed by atoms with Crippen LogP contribution in [0.15, 0.2) is 41.3 Å². The summed E-state index contributed by atoms with van der Waals surface area (Å²) in [5, 5.41) is 0.478. The fourth-order valence-electron chi connectivity index (χ4n) is 4.37. The fourth-order valence-corrected chi connectivity index (χ4v) is 6.89. The molecule has 14 heteroatoms. The van der Waals surface area contributed by atoms with Gasteiger partial charge in [-0.15, -0.1) is 0 Å². The molecule has 1 aromatic heterocycles. The number of fused-ring (bicyclic) bond motifs is 1. The van der Waals surface area contributed by atoms with Gasteiger partial charge in [0.25, 0.3) is 5.91 Å². The van der Waals surface area contributed by atoms with Gasteiger partial charge in [-0.05, 0) is 57.4 Å². The van der Waals surface area contributed by atoms with Gasteiger partial charge in [-0.1, -0.05) is 11.3 Å². The van der Waals surface area contributed by atoms with Crippen LogP contribution in [0.25, 0.3) is 10.2 Å². The molecule has 3 aromatic rings. The van der Waals surface area contributed by atoms with Crippen LogP contribution in [0, 0.1) is 0 Å². The number of ether oxygens (including phenoxy) is 3. The second-order valence-corrected chi connectivity index (χ2v) is 12.4. The van der Waals surface area contributed by atoms with Gasteiger partial charge in [-0.25, -0.2) is 18.2 Å². The predicted octanol–water partition coefficient (Wildman–Crippen LogP) is 2.98. The third kappa shape index (κ3) is 6.56. The van der Waals surface area contributed by atoms with E-state index in [1.54, 1.807) is 38.2 Å². The van der Waals surface area contributed by atoms with Gasteiger partial charge in [-0.2, -0.15) is 4.31 Å². The van der Waals surface area contributed by atoms with Crippen LogP contribution in [0.2, 0.25) is 0 Å². The van der Waals surface area contributed by atoms with Gasteiger partial charge < -0.3 is 24.0 Å². The van der Waals surface area contributed by atoms with Crippen LogP contribution in [0.3, 0.4) is 0 Å². The number of rotatable bonds is 10. The van der Waals surface area contributed by atoms with E-state index in [1.807, 2.05) is 19.0 Å². The van der Waals surface area contributed by atoms with Crippen LogP contribution in [-0.2, 0) is 14.8 Å². The summed E-state index contributed by atoms with van der Waals surface area (Å²) in [6, 6.07) is 9.48. The smallest absolute Gasteiger partial charge is 0.409 e. The molecule has 0 atom stereocenters. The zero-order valence-corrected chi connectivity index (χ0v) is 25.5. The highest BCUT2D eigenvalue weighted by atomic mass is 32.2. The van der Waals surface area contributed by atoms with Crippen LogP contribution in [0.4, 0.5) is 9.93 Å². The van der Waals surface area contributed by atoms with Crippen LogP contribution in [-0.4, -0.2) is 114 Å². The van der Waals surface area contributed by atoms with Gasteiger partial charge in [0.05, 0.1) is 25.7 Å². The normalized spacial score (nSPS) is 14.3. The summed E-state index contributed by atoms with van der Waals surface area (Å²) in [4.78, 5) is 35.6. The minimum Gasteiger partial charge on any atom is -0.495 e. The van der Waals surface area contributed by atoms with Crippen molar-refractivity contribution in [3.05, 3.63) is 42.0 Å².